The van der Waals surface area contributed by atoms with Crippen LogP contribution in [-0.2, 0) is 6.54 Å². The van der Waals surface area contributed by atoms with Crippen molar-refractivity contribution in [2.45, 2.75) is 39.7 Å². The van der Waals surface area contributed by atoms with Crippen LogP contribution in [0.3, 0.4) is 0 Å². The van der Waals surface area contributed by atoms with E-state index in [1.165, 1.54) is 30.6 Å². The number of rotatable bonds is 3. The Kier molecular flexibility index (Phi) is 4.07. The summed E-state index contributed by atoms with van der Waals surface area (Å²) in [5.74, 6) is 1.03. The van der Waals surface area contributed by atoms with Crippen LogP contribution in [0.1, 0.15) is 31.7 Å². The summed E-state index contributed by atoms with van der Waals surface area (Å²) in [6, 6.07) is 2.14. The molecule has 1 aliphatic heterocycles. The highest BCUT2D eigenvalue weighted by Gasteiger charge is 2.18. The van der Waals surface area contributed by atoms with Crippen molar-refractivity contribution in [2.75, 3.05) is 18.0 Å². The van der Waals surface area contributed by atoms with Crippen molar-refractivity contribution in [3.8, 4) is 0 Å². The SMILES string of the molecule is C=C(C)Cn1cnc2c(sc3nc(N4CCCCC4)cc(C)c32)c1=O. The zero-order valence-corrected chi connectivity index (χ0v) is 15.5. The van der Waals surface area contributed by atoms with E-state index in [0.29, 0.717) is 11.2 Å². The van der Waals surface area contributed by atoms with Crippen LogP contribution in [0.15, 0.2) is 29.3 Å². The third kappa shape index (κ3) is 2.84. The van der Waals surface area contributed by atoms with Gasteiger partial charge in [0.25, 0.3) is 5.56 Å². The summed E-state index contributed by atoms with van der Waals surface area (Å²) in [7, 11) is 0. The molecule has 0 saturated carbocycles. The fourth-order valence-corrected chi connectivity index (χ4v) is 4.66. The van der Waals surface area contributed by atoms with E-state index < -0.39 is 0 Å². The molecule has 0 atom stereocenters. The van der Waals surface area contributed by atoms with Crippen molar-refractivity contribution in [1.82, 2.24) is 14.5 Å². The van der Waals surface area contributed by atoms with Crippen molar-refractivity contribution in [1.29, 1.82) is 0 Å². The number of hydrogen-bond donors (Lipinski definition) is 0. The molecule has 3 aromatic heterocycles. The average Bonchev–Trinajstić information content (AvgIpc) is 2.98. The summed E-state index contributed by atoms with van der Waals surface area (Å²) in [5, 5.41) is 1.01. The number of allylic oxidation sites excluding steroid dienone is 1. The largest absolute Gasteiger partial charge is 0.357 e. The minimum atomic E-state index is -0.00470. The molecular formula is C19H22N4OS. The van der Waals surface area contributed by atoms with Crippen LogP contribution < -0.4 is 10.5 Å². The molecule has 1 aliphatic rings. The van der Waals surface area contributed by atoms with Crippen LogP contribution in [0.2, 0.25) is 0 Å². The number of aromatic nitrogens is 3. The topological polar surface area (TPSA) is 51.0 Å². The first-order valence-corrected chi connectivity index (χ1v) is 9.55. The van der Waals surface area contributed by atoms with Gasteiger partial charge in [-0.25, -0.2) is 9.97 Å². The Labute approximate surface area is 150 Å². The van der Waals surface area contributed by atoms with E-state index in [-0.39, 0.29) is 5.56 Å². The molecule has 25 heavy (non-hydrogen) atoms. The minimum absolute atomic E-state index is 0.00470. The molecule has 3 aromatic rings. The fourth-order valence-electron chi connectivity index (χ4n) is 3.51. The Morgan fingerprint density at radius 3 is 2.80 bits per heavy atom. The van der Waals surface area contributed by atoms with Crippen molar-refractivity contribution in [3.05, 3.63) is 40.5 Å². The van der Waals surface area contributed by atoms with Crippen LogP contribution in [0.5, 0.6) is 0 Å². The normalized spacial score (nSPS) is 15.2. The van der Waals surface area contributed by atoms with Crippen molar-refractivity contribution < 1.29 is 0 Å². The summed E-state index contributed by atoms with van der Waals surface area (Å²) in [6.07, 6.45) is 5.37. The summed E-state index contributed by atoms with van der Waals surface area (Å²) >= 11 is 1.46. The Hall–Kier alpha value is -2.21. The van der Waals surface area contributed by atoms with E-state index in [1.54, 1.807) is 10.9 Å². The van der Waals surface area contributed by atoms with E-state index in [2.05, 4.69) is 29.5 Å². The molecule has 0 radical (unpaired) electrons. The fraction of sp³-hybridized carbons (Fsp3) is 0.421. The number of aryl methyl sites for hydroxylation is 1. The average molecular weight is 354 g/mol. The molecule has 0 unspecified atom stereocenters. The number of fused-ring (bicyclic) bond motifs is 3. The third-order valence-corrected chi connectivity index (χ3v) is 5.78. The highest BCUT2D eigenvalue weighted by molar-refractivity contribution is 7.25. The van der Waals surface area contributed by atoms with Gasteiger partial charge in [-0.1, -0.05) is 12.2 Å². The van der Waals surface area contributed by atoms with Gasteiger partial charge in [-0.2, -0.15) is 0 Å². The Morgan fingerprint density at radius 2 is 2.08 bits per heavy atom. The van der Waals surface area contributed by atoms with Gasteiger partial charge in [-0.15, -0.1) is 11.3 Å². The van der Waals surface area contributed by atoms with Crippen LogP contribution >= 0.6 is 11.3 Å². The first-order valence-electron chi connectivity index (χ1n) is 8.73. The molecule has 130 valence electrons. The minimum Gasteiger partial charge on any atom is -0.357 e. The van der Waals surface area contributed by atoms with E-state index in [4.69, 9.17) is 4.98 Å². The maximum atomic E-state index is 12.8. The Morgan fingerprint density at radius 1 is 1.32 bits per heavy atom. The third-order valence-electron chi connectivity index (χ3n) is 4.72. The summed E-state index contributed by atoms with van der Waals surface area (Å²) in [6.45, 7) is 10.5. The second-order valence-electron chi connectivity index (χ2n) is 6.94. The highest BCUT2D eigenvalue weighted by Crippen LogP contribution is 2.34. The quantitative estimate of drug-likeness (QED) is 0.670. The maximum absolute atomic E-state index is 12.8. The van der Waals surface area contributed by atoms with Crippen molar-refractivity contribution in [3.63, 3.8) is 0 Å². The molecule has 0 bridgehead atoms. The monoisotopic (exact) mass is 354 g/mol. The first-order chi connectivity index (χ1) is 12.0. The number of thiophene rings is 1. The predicted molar refractivity (Wildman–Crippen MR) is 105 cm³/mol. The van der Waals surface area contributed by atoms with Gasteiger partial charge in [0, 0.05) is 25.0 Å². The number of anilines is 1. The van der Waals surface area contributed by atoms with Gasteiger partial charge in [0.1, 0.15) is 15.3 Å². The van der Waals surface area contributed by atoms with Gasteiger partial charge in [-0.05, 0) is 44.7 Å². The second kappa shape index (κ2) is 6.26. The van der Waals surface area contributed by atoms with Crippen LogP contribution in [0, 0.1) is 6.92 Å². The molecule has 0 N–H and O–H groups in total. The molecule has 0 spiro atoms. The Bertz CT molecular complexity index is 1030. The lowest BCUT2D eigenvalue weighted by Crippen LogP contribution is -2.30. The van der Waals surface area contributed by atoms with Gasteiger partial charge in [0.15, 0.2) is 0 Å². The van der Waals surface area contributed by atoms with Crippen LogP contribution in [0.4, 0.5) is 5.82 Å². The molecule has 0 aromatic carbocycles. The number of piperidine rings is 1. The van der Waals surface area contributed by atoms with Gasteiger partial charge in [-0.3, -0.25) is 9.36 Å². The van der Waals surface area contributed by atoms with Crippen molar-refractivity contribution >= 4 is 37.6 Å². The predicted octanol–water partition coefficient (Wildman–Crippen LogP) is 3.88. The van der Waals surface area contributed by atoms with Crippen molar-refractivity contribution in [2.24, 2.45) is 0 Å². The van der Waals surface area contributed by atoms with Gasteiger partial charge in [0.05, 0.1) is 11.8 Å². The molecular weight excluding hydrogens is 332 g/mol. The standard InChI is InChI=1S/C19H22N4OS/c1-12(2)10-23-11-20-16-15-13(3)9-14(22-7-5-4-6-8-22)21-18(15)25-17(16)19(23)24/h9,11H,1,4-8,10H2,2-3H3. The molecule has 4 heterocycles. The lowest BCUT2D eigenvalue weighted by molar-refractivity contribution is 0.574. The molecule has 0 amide bonds. The van der Waals surface area contributed by atoms with E-state index in [9.17, 15) is 4.79 Å². The lowest BCUT2D eigenvalue weighted by atomic mass is 10.1. The number of nitrogens with zero attached hydrogens (tertiary/aromatic N) is 4. The molecule has 5 nitrogen and oxygen atoms in total. The van der Waals surface area contributed by atoms with Crippen LogP contribution in [-0.4, -0.2) is 27.6 Å². The Balaban J connectivity index is 1.89. The first kappa shape index (κ1) is 16.3. The molecule has 6 heteroatoms. The molecule has 0 aliphatic carbocycles. The smallest absolute Gasteiger partial charge is 0.271 e. The van der Waals surface area contributed by atoms with E-state index >= 15 is 0 Å². The maximum Gasteiger partial charge on any atom is 0.271 e. The lowest BCUT2D eigenvalue weighted by Gasteiger charge is -2.28. The summed E-state index contributed by atoms with van der Waals surface area (Å²) in [4.78, 5) is 25.5. The second-order valence-corrected chi connectivity index (χ2v) is 7.94. The zero-order valence-electron chi connectivity index (χ0n) is 14.7. The van der Waals surface area contributed by atoms with E-state index in [1.807, 2.05) is 6.92 Å². The number of pyridine rings is 1. The summed E-state index contributed by atoms with van der Waals surface area (Å²) in [5.41, 5.74) is 2.85. The molecule has 1 saturated heterocycles. The van der Waals surface area contributed by atoms with Crippen LogP contribution in [0.25, 0.3) is 20.4 Å². The number of hydrogen-bond acceptors (Lipinski definition) is 5. The van der Waals surface area contributed by atoms with Gasteiger partial charge in [0.2, 0.25) is 0 Å². The highest BCUT2D eigenvalue weighted by atomic mass is 32.1. The van der Waals surface area contributed by atoms with Gasteiger partial charge >= 0.3 is 0 Å². The molecule has 4 rings (SSSR count). The zero-order chi connectivity index (χ0) is 17.6. The van der Waals surface area contributed by atoms with Gasteiger partial charge < -0.3 is 4.90 Å². The molecule has 1 fully saturated rings. The van der Waals surface area contributed by atoms with E-state index in [0.717, 1.165) is 45.8 Å². The summed E-state index contributed by atoms with van der Waals surface area (Å²) < 4.78 is 2.31.